The molecule has 0 fully saturated rings. The van der Waals surface area contributed by atoms with Gasteiger partial charge in [0, 0.05) is 18.7 Å². The van der Waals surface area contributed by atoms with Crippen molar-refractivity contribution in [3.8, 4) is 0 Å². The molecule has 0 saturated heterocycles. The fourth-order valence-electron chi connectivity index (χ4n) is 1.94. The molecule has 0 radical (unpaired) electrons. The number of rotatable bonds is 4. The van der Waals surface area contributed by atoms with Crippen molar-refractivity contribution < 1.29 is 8.42 Å². The van der Waals surface area contributed by atoms with Crippen LogP contribution in [-0.2, 0) is 10.0 Å². The maximum Gasteiger partial charge on any atom is 0.243 e. The molecular formula is C15H24N2O2S2. The van der Waals surface area contributed by atoms with Crippen molar-refractivity contribution in [2.75, 3.05) is 7.05 Å². The van der Waals surface area contributed by atoms with Crippen molar-refractivity contribution in [1.29, 1.82) is 0 Å². The first kappa shape index (κ1) is 18.1. The van der Waals surface area contributed by atoms with E-state index in [9.17, 15) is 8.42 Å². The molecule has 2 N–H and O–H groups in total. The van der Waals surface area contributed by atoms with Gasteiger partial charge in [0.15, 0.2) is 0 Å². The van der Waals surface area contributed by atoms with Crippen molar-refractivity contribution in [1.82, 2.24) is 4.31 Å². The largest absolute Gasteiger partial charge is 0.389 e. The van der Waals surface area contributed by atoms with Crippen LogP contribution in [0.4, 0.5) is 0 Å². The molecule has 0 spiro atoms. The van der Waals surface area contributed by atoms with E-state index >= 15 is 0 Å². The predicted molar refractivity (Wildman–Crippen MR) is 90.9 cm³/mol. The van der Waals surface area contributed by atoms with Crippen LogP contribution in [0.15, 0.2) is 23.1 Å². The number of benzene rings is 1. The summed E-state index contributed by atoms with van der Waals surface area (Å²) in [7, 11) is -1.98. The Morgan fingerprint density at radius 2 is 1.86 bits per heavy atom. The monoisotopic (exact) mass is 328 g/mol. The smallest absolute Gasteiger partial charge is 0.243 e. The second-order valence-corrected chi connectivity index (χ2v) is 8.81. The number of nitrogens with zero attached hydrogens (tertiary/aromatic N) is 1. The van der Waals surface area contributed by atoms with Crippen LogP contribution in [0.25, 0.3) is 0 Å². The fraction of sp³-hybridized carbons (Fsp3) is 0.533. The summed E-state index contributed by atoms with van der Waals surface area (Å²) in [5.74, 6) is 0. The predicted octanol–water partition coefficient (Wildman–Crippen LogP) is 2.68. The average molecular weight is 329 g/mol. The van der Waals surface area contributed by atoms with Gasteiger partial charge in [0.2, 0.25) is 10.0 Å². The van der Waals surface area contributed by atoms with Crippen LogP contribution in [0.5, 0.6) is 0 Å². The zero-order valence-corrected chi connectivity index (χ0v) is 15.1. The highest BCUT2D eigenvalue weighted by Crippen LogP contribution is 2.29. The third-order valence-corrected chi connectivity index (χ3v) is 6.23. The van der Waals surface area contributed by atoms with Gasteiger partial charge in [0.25, 0.3) is 0 Å². The third-order valence-electron chi connectivity index (χ3n) is 3.93. The van der Waals surface area contributed by atoms with Crippen molar-refractivity contribution in [3.63, 3.8) is 0 Å². The molecule has 1 rings (SSSR count). The van der Waals surface area contributed by atoms with Crippen molar-refractivity contribution in [2.24, 2.45) is 11.1 Å². The van der Waals surface area contributed by atoms with Gasteiger partial charge in [0.05, 0.1) is 4.90 Å². The molecule has 0 bridgehead atoms. The number of aryl methyl sites for hydroxylation is 1. The highest BCUT2D eigenvalue weighted by Gasteiger charge is 2.33. The zero-order chi connectivity index (χ0) is 16.6. The Balaban J connectivity index is 3.37. The summed E-state index contributed by atoms with van der Waals surface area (Å²) in [6.45, 7) is 9.72. The summed E-state index contributed by atoms with van der Waals surface area (Å²) in [4.78, 5) is 0.448. The van der Waals surface area contributed by atoms with Gasteiger partial charge in [0.1, 0.15) is 4.99 Å². The SMILES string of the molecule is Cc1ccc(C(N)=S)cc1S(=O)(=O)N(C)C(C)C(C)(C)C. The number of sulfonamides is 1. The third kappa shape index (κ3) is 3.81. The second-order valence-electron chi connectivity index (χ2n) is 6.41. The van der Waals surface area contributed by atoms with E-state index in [1.54, 1.807) is 32.2 Å². The quantitative estimate of drug-likeness (QED) is 0.863. The molecule has 1 atom stereocenters. The molecular weight excluding hydrogens is 304 g/mol. The molecule has 0 aliphatic heterocycles. The van der Waals surface area contributed by atoms with E-state index in [0.717, 1.165) is 0 Å². The van der Waals surface area contributed by atoms with Gasteiger partial charge < -0.3 is 5.73 Å². The zero-order valence-electron chi connectivity index (χ0n) is 13.5. The minimum Gasteiger partial charge on any atom is -0.389 e. The summed E-state index contributed by atoms with van der Waals surface area (Å²) in [6, 6.07) is 4.88. The van der Waals surface area contributed by atoms with Crippen molar-refractivity contribution in [3.05, 3.63) is 29.3 Å². The van der Waals surface area contributed by atoms with E-state index < -0.39 is 10.0 Å². The summed E-state index contributed by atoms with van der Waals surface area (Å²) in [5, 5.41) is 0. The topological polar surface area (TPSA) is 63.4 Å². The number of hydrogen-bond acceptors (Lipinski definition) is 3. The molecule has 4 nitrogen and oxygen atoms in total. The van der Waals surface area contributed by atoms with Crippen LogP contribution >= 0.6 is 12.2 Å². The first-order chi connectivity index (χ1) is 9.39. The Morgan fingerprint density at radius 1 is 1.33 bits per heavy atom. The Kier molecular flexibility index (Phi) is 5.18. The highest BCUT2D eigenvalue weighted by molar-refractivity contribution is 7.89. The van der Waals surface area contributed by atoms with Crippen LogP contribution in [-0.4, -0.2) is 30.8 Å². The molecule has 0 heterocycles. The molecule has 118 valence electrons. The van der Waals surface area contributed by atoms with E-state index in [-0.39, 0.29) is 21.3 Å². The summed E-state index contributed by atoms with van der Waals surface area (Å²) in [6.07, 6.45) is 0. The number of hydrogen-bond donors (Lipinski definition) is 1. The molecule has 1 aromatic rings. The molecule has 0 aliphatic carbocycles. The molecule has 0 aromatic heterocycles. The Morgan fingerprint density at radius 3 is 2.29 bits per heavy atom. The molecule has 1 aromatic carbocycles. The molecule has 0 amide bonds. The van der Waals surface area contributed by atoms with Gasteiger partial charge in [-0.15, -0.1) is 0 Å². The van der Waals surface area contributed by atoms with E-state index in [2.05, 4.69) is 0 Å². The lowest BCUT2D eigenvalue weighted by atomic mass is 9.88. The normalized spacial score (nSPS) is 14.2. The summed E-state index contributed by atoms with van der Waals surface area (Å²) in [5.41, 5.74) is 6.69. The van der Waals surface area contributed by atoms with Gasteiger partial charge in [-0.05, 0) is 30.9 Å². The Hall–Kier alpha value is -0.980. The second kappa shape index (κ2) is 6.02. The van der Waals surface area contributed by atoms with Crippen LogP contribution in [0, 0.1) is 12.3 Å². The van der Waals surface area contributed by atoms with Crippen LogP contribution in [0.2, 0.25) is 0 Å². The number of thiocarbonyl (C=S) groups is 1. The molecule has 21 heavy (non-hydrogen) atoms. The maximum atomic E-state index is 12.9. The van der Waals surface area contributed by atoms with E-state index in [1.165, 1.54) is 4.31 Å². The minimum absolute atomic E-state index is 0.143. The van der Waals surface area contributed by atoms with Gasteiger partial charge in [-0.1, -0.05) is 45.1 Å². The van der Waals surface area contributed by atoms with Gasteiger partial charge >= 0.3 is 0 Å². The number of nitrogens with two attached hydrogens (primary N) is 1. The van der Waals surface area contributed by atoms with Crippen LogP contribution in [0.1, 0.15) is 38.8 Å². The molecule has 1 unspecified atom stereocenters. The van der Waals surface area contributed by atoms with Gasteiger partial charge in [-0.2, -0.15) is 4.31 Å². The van der Waals surface area contributed by atoms with Crippen LogP contribution in [0.3, 0.4) is 0 Å². The molecule has 0 aliphatic rings. The van der Waals surface area contributed by atoms with Gasteiger partial charge in [-0.3, -0.25) is 0 Å². The standard InChI is InChI=1S/C15H24N2O2S2/c1-10-7-8-12(14(16)20)9-13(10)21(18,19)17(6)11(2)15(3,4)5/h7-9,11H,1-6H3,(H2,16,20). The van der Waals surface area contributed by atoms with E-state index in [0.29, 0.717) is 11.1 Å². The van der Waals surface area contributed by atoms with Crippen molar-refractivity contribution in [2.45, 2.75) is 45.6 Å². The molecule has 0 saturated carbocycles. The Bertz CT molecular complexity index is 646. The van der Waals surface area contributed by atoms with Crippen LogP contribution < -0.4 is 5.73 Å². The average Bonchev–Trinajstić information content (AvgIpc) is 2.35. The van der Waals surface area contributed by atoms with Crippen molar-refractivity contribution >= 4 is 27.2 Å². The summed E-state index contributed by atoms with van der Waals surface area (Å²) < 4.78 is 27.1. The van der Waals surface area contributed by atoms with E-state index in [4.69, 9.17) is 18.0 Å². The summed E-state index contributed by atoms with van der Waals surface area (Å²) >= 11 is 4.93. The lowest BCUT2D eigenvalue weighted by Gasteiger charge is -2.34. The van der Waals surface area contributed by atoms with Gasteiger partial charge in [-0.25, -0.2) is 8.42 Å². The first-order valence-corrected chi connectivity index (χ1v) is 8.62. The first-order valence-electron chi connectivity index (χ1n) is 6.77. The highest BCUT2D eigenvalue weighted by atomic mass is 32.2. The lowest BCUT2D eigenvalue weighted by Crippen LogP contribution is -2.43. The minimum atomic E-state index is -3.59. The molecule has 6 heteroatoms. The Labute approximate surface area is 133 Å². The lowest BCUT2D eigenvalue weighted by molar-refractivity contribution is 0.216. The van der Waals surface area contributed by atoms with E-state index in [1.807, 2.05) is 27.7 Å². The fourth-order valence-corrected chi connectivity index (χ4v) is 3.86. The maximum absolute atomic E-state index is 12.9.